The van der Waals surface area contributed by atoms with E-state index in [9.17, 15) is 4.79 Å². The van der Waals surface area contributed by atoms with Crippen molar-refractivity contribution in [1.82, 2.24) is 0 Å². The van der Waals surface area contributed by atoms with Gasteiger partial charge in [0, 0.05) is 17.4 Å². The minimum Gasteiger partial charge on any atom is -0.495 e. The van der Waals surface area contributed by atoms with Crippen molar-refractivity contribution in [2.75, 3.05) is 7.11 Å². The number of furan rings is 1. The second-order valence-electron chi connectivity index (χ2n) is 3.09. The summed E-state index contributed by atoms with van der Waals surface area (Å²) in [6.45, 7) is 0. The molecule has 15 heavy (non-hydrogen) atoms. The van der Waals surface area contributed by atoms with Crippen LogP contribution < -0.4 is 4.74 Å². The maximum atomic E-state index is 10.5. The SMILES string of the molecule is COc1c(CC=O)cc2occc2c1Br. The first-order valence-electron chi connectivity index (χ1n) is 4.44. The smallest absolute Gasteiger partial charge is 0.137 e. The van der Waals surface area contributed by atoms with E-state index in [1.807, 2.05) is 12.1 Å². The highest BCUT2D eigenvalue weighted by molar-refractivity contribution is 9.10. The lowest BCUT2D eigenvalue weighted by Gasteiger charge is -2.08. The molecule has 2 rings (SSSR count). The summed E-state index contributed by atoms with van der Waals surface area (Å²) in [5.41, 5.74) is 1.57. The van der Waals surface area contributed by atoms with Gasteiger partial charge in [-0.15, -0.1) is 0 Å². The third-order valence-corrected chi connectivity index (χ3v) is 3.02. The molecule has 1 aromatic carbocycles. The van der Waals surface area contributed by atoms with Crippen molar-refractivity contribution in [2.45, 2.75) is 6.42 Å². The Bertz CT molecular complexity index is 502. The van der Waals surface area contributed by atoms with Crippen molar-refractivity contribution in [1.29, 1.82) is 0 Å². The lowest BCUT2D eigenvalue weighted by Crippen LogP contribution is -1.94. The Balaban J connectivity index is 2.72. The molecule has 0 amide bonds. The van der Waals surface area contributed by atoms with Crippen molar-refractivity contribution < 1.29 is 13.9 Å². The Morgan fingerprint density at radius 1 is 1.60 bits per heavy atom. The van der Waals surface area contributed by atoms with Crippen molar-refractivity contribution in [3.63, 3.8) is 0 Å². The maximum Gasteiger partial charge on any atom is 0.137 e. The molecule has 0 saturated heterocycles. The van der Waals surface area contributed by atoms with Gasteiger partial charge in [0.2, 0.25) is 0 Å². The molecule has 0 aliphatic carbocycles. The molecule has 0 radical (unpaired) electrons. The van der Waals surface area contributed by atoms with Gasteiger partial charge in [-0.2, -0.15) is 0 Å². The van der Waals surface area contributed by atoms with Gasteiger partial charge in [-0.05, 0) is 28.1 Å². The molecular weight excluding hydrogens is 260 g/mol. The largest absolute Gasteiger partial charge is 0.495 e. The fraction of sp³-hybridized carbons (Fsp3) is 0.182. The predicted molar refractivity (Wildman–Crippen MR) is 60.2 cm³/mol. The third kappa shape index (κ3) is 1.65. The van der Waals surface area contributed by atoms with E-state index in [-0.39, 0.29) is 0 Å². The Labute approximate surface area is 95.1 Å². The van der Waals surface area contributed by atoms with Crippen LogP contribution in [0.2, 0.25) is 0 Å². The van der Waals surface area contributed by atoms with Crippen LogP contribution in [0.4, 0.5) is 0 Å². The second-order valence-corrected chi connectivity index (χ2v) is 3.88. The van der Waals surface area contributed by atoms with E-state index in [0.717, 1.165) is 27.3 Å². The summed E-state index contributed by atoms with van der Waals surface area (Å²) in [6, 6.07) is 3.68. The fourth-order valence-electron chi connectivity index (χ4n) is 1.56. The van der Waals surface area contributed by atoms with Crippen molar-refractivity contribution in [2.24, 2.45) is 0 Å². The zero-order chi connectivity index (χ0) is 10.8. The number of aldehydes is 1. The minimum atomic E-state index is 0.318. The molecule has 2 aromatic rings. The van der Waals surface area contributed by atoms with E-state index in [4.69, 9.17) is 9.15 Å². The van der Waals surface area contributed by atoms with Gasteiger partial charge in [0.1, 0.15) is 17.6 Å². The van der Waals surface area contributed by atoms with Crippen molar-refractivity contribution in [3.05, 3.63) is 28.4 Å². The number of fused-ring (bicyclic) bond motifs is 1. The van der Waals surface area contributed by atoms with Crippen LogP contribution >= 0.6 is 15.9 Å². The van der Waals surface area contributed by atoms with Crippen LogP contribution in [0.1, 0.15) is 5.56 Å². The molecule has 0 atom stereocenters. The molecule has 1 aromatic heterocycles. The second kappa shape index (κ2) is 4.06. The molecule has 0 aliphatic rings. The van der Waals surface area contributed by atoms with Gasteiger partial charge in [0.25, 0.3) is 0 Å². The summed E-state index contributed by atoms with van der Waals surface area (Å²) < 4.78 is 11.4. The van der Waals surface area contributed by atoms with E-state index < -0.39 is 0 Å². The molecule has 3 nitrogen and oxygen atoms in total. The quantitative estimate of drug-likeness (QED) is 0.804. The molecule has 78 valence electrons. The number of hydrogen-bond donors (Lipinski definition) is 0. The lowest BCUT2D eigenvalue weighted by molar-refractivity contribution is -0.107. The standard InChI is InChI=1S/C11H9BrO3/c1-14-11-7(2-4-13)6-9-8(10(11)12)3-5-15-9/h3-6H,2H2,1H3. The Morgan fingerprint density at radius 2 is 2.40 bits per heavy atom. The fourth-order valence-corrected chi connectivity index (χ4v) is 2.31. The summed E-state index contributed by atoms with van der Waals surface area (Å²) >= 11 is 3.44. The van der Waals surface area contributed by atoms with E-state index in [1.54, 1.807) is 13.4 Å². The molecule has 0 aliphatic heterocycles. The first-order chi connectivity index (χ1) is 7.27. The maximum absolute atomic E-state index is 10.5. The average molecular weight is 269 g/mol. The van der Waals surface area contributed by atoms with Gasteiger partial charge in [-0.25, -0.2) is 0 Å². The number of carbonyl (C=O) groups is 1. The van der Waals surface area contributed by atoms with Crippen LogP contribution in [-0.4, -0.2) is 13.4 Å². The van der Waals surface area contributed by atoms with Gasteiger partial charge in [0.05, 0.1) is 17.8 Å². The molecule has 0 N–H and O–H groups in total. The molecule has 0 saturated carbocycles. The van der Waals surface area contributed by atoms with Gasteiger partial charge in [-0.3, -0.25) is 0 Å². The normalized spacial score (nSPS) is 10.5. The minimum absolute atomic E-state index is 0.318. The van der Waals surface area contributed by atoms with Crippen LogP contribution in [0.3, 0.4) is 0 Å². The predicted octanol–water partition coefficient (Wildman–Crippen LogP) is 2.95. The number of halogens is 1. The molecular formula is C11H9BrO3. The number of rotatable bonds is 3. The molecule has 1 heterocycles. The van der Waals surface area contributed by atoms with Crippen molar-refractivity contribution >= 4 is 33.2 Å². The lowest BCUT2D eigenvalue weighted by atomic mass is 10.1. The Morgan fingerprint density at radius 3 is 3.07 bits per heavy atom. The number of hydrogen-bond acceptors (Lipinski definition) is 3. The first kappa shape index (κ1) is 10.2. The summed E-state index contributed by atoms with van der Waals surface area (Å²) in [5, 5.41) is 0.946. The van der Waals surface area contributed by atoms with E-state index in [1.165, 1.54) is 0 Å². The van der Waals surface area contributed by atoms with E-state index in [0.29, 0.717) is 12.2 Å². The van der Waals surface area contributed by atoms with Gasteiger partial charge < -0.3 is 13.9 Å². The molecule has 0 spiro atoms. The monoisotopic (exact) mass is 268 g/mol. The number of carbonyl (C=O) groups excluding carboxylic acids is 1. The topological polar surface area (TPSA) is 39.4 Å². The molecule has 0 fully saturated rings. The first-order valence-corrected chi connectivity index (χ1v) is 5.23. The summed E-state index contributed by atoms with van der Waals surface area (Å²) in [6.07, 6.45) is 2.77. The Hall–Kier alpha value is -1.29. The summed E-state index contributed by atoms with van der Waals surface area (Å²) in [7, 11) is 1.58. The summed E-state index contributed by atoms with van der Waals surface area (Å²) in [5.74, 6) is 0.691. The van der Waals surface area contributed by atoms with Crippen LogP contribution in [0.15, 0.2) is 27.3 Å². The van der Waals surface area contributed by atoms with Crippen LogP contribution in [-0.2, 0) is 11.2 Å². The van der Waals surface area contributed by atoms with Gasteiger partial charge in [0.15, 0.2) is 0 Å². The zero-order valence-electron chi connectivity index (χ0n) is 8.12. The summed E-state index contributed by atoms with van der Waals surface area (Å²) in [4.78, 5) is 10.5. The number of benzene rings is 1. The average Bonchev–Trinajstić information content (AvgIpc) is 2.67. The highest BCUT2D eigenvalue weighted by atomic mass is 79.9. The van der Waals surface area contributed by atoms with Gasteiger partial charge in [-0.1, -0.05) is 0 Å². The molecule has 4 heteroatoms. The van der Waals surface area contributed by atoms with Gasteiger partial charge >= 0.3 is 0 Å². The van der Waals surface area contributed by atoms with E-state index in [2.05, 4.69) is 15.9 Å². The third-order valence-electron chi connectivity index (χ3n) is 2.24. The highest BCUT2D eigenvalue weighted by Crippen LogP contribution is 2.37. The van der Waals surface area contributed by atoms with Crippen LogP contribution in [0, 0.1) is 0 Å². The number of ether oxygens (including phenoxy) is 1. The Kier molecular flexibility index (Phi) is 2.77. The van der Waals surface area contributed by atoms with Crippen LogP contribution in [0.25, 0.3) is 11.0 Å². The zero-order valence-corrected chi connectivity index (χ0v) is 9.71. The molecule has 0 bridgehead atoms. The van der Waals surface area contributed by atoms with Crippen molar-refractivity contribution in [3.8, 4) is 5.75 Å². The number of methoxy groups -OCH3 is 1. The van der Waals surface area contributed by atoms with E-state index >= 15 is 0 Å². The highest BCUT2D eigenvalue weighted by Gasteiger charge is 2.13. The van der Waals surface area contributed by atoms with Crippen LogP contribution in [0.5, 0.6) is 5.75 Å². The molecule has 0 unspecified atom stereocenters.